The molecule has 2 bridgehead atoms. The minimum atomic E-state index is -0.544. The van der Waals surface area contributed by atoms with Crippen LogP contribution in [-0.2, 0) is 14.3 Å². The molecule has 0 aromatic carbocycles. The number of Topliss-reactive ketones (excluding diaryl/α,β-unsaturated/α-hetero) is 2. The largest absolute Gasteiger partial charge is 0.380 e. The maximum Gasteiger partial charge on any atom is 0.146 e. The van der Waals surface area contributed by atoms with Crippen LogP contribution in [0.3, 0.4) is 0 Å². The summed E-state index contributed by atoms with van der Waals surface area (Å²) in [5.74, 6) is 0.770. The highest BCUT2D eigenvalue weighted by atomic mass is 16.5. The maximum absolute atomic E-state index is 12.5. The lowest BCUT2D eigenvalue weighted by molar-refractivity contribution is -0.150. The fraction of sp³-hybridized carbons (Fsp3) is 0.714. The highest BCUT2D eigenvalue weighted by Crippen LogP contribution is 2.61. The van der Waals surface area contributed by atoms with Crippen molar-refractivity contribution in [1.82, 2.24) is 0 Å². The van der Waals surface area contributed by atoms with Gasteiger partial charge < -0.3 is 4.74 Å². The predicted octanol–water partition coefficient (Wildman–Crippen LogP) is 1.76. The van der Waals surface area contributed by atoms with E-state index in [1.54, 1.807) is 6.92 Å². The van der Waals surface area contributed by atoms with Gasteiger partial charge in [-0.25, -0.2) is 0 Å². The molecule has 0 aromatic rings. The molecular weight excluding hydrogens is 216 g/mol. The minimum absolute atomic E-state index is 0.00734. The third kappa shape index (κ3) is 1.21. The first-order chi connectivity index (χ1) is 7.99. The Balaban J connectivity index is 2.11. The number of ether oxygens (including phenoxy) is 1. The van der Waals surface area contributed by atoms with Crippen LogP contribution in [-0.4, -0.2) is 24.8 Å². The Morgan fingerprint density at radius 2 is 2.35 bits per heavy atom. The van der Waals surface area contributed by atoms with Crippen LogP contribution in [0.2, 0.25) is 0 Å². The number of carbonyl (C=O) groups is 2. The van der Waals surface area contributed by atoms with Gasteiger partial charge in [-0.2, -0.15) is 0 Å². The number of allylic oxidation sites excluding steroid dienone is 1. The molecule has 1 spiro atoms. The summed E-state index contributed by atoms with van der Waals surface area (Å²) in [6.07, 6.45) is 5.47. The molecule has 3 nitrogen and oxygen atoms in total. The van der Waals surface area contributed by atoms with E-state index < -0.39 is 5.41 Å². The van der Waals surface area contributed by atoms with Crippen LogP contribution >= 0.6 is 0 Å². The molecule has 3 aliphatic carbocycles. The van der Waals surface area contributed by atoms with E-state index in [2.05, 4.69) is 6.08 Å². The van der Waals surface area contributed by atoms with Crippen molar-refractivity contribution in [3.8, 4) is 0 Å². The molecule has 0 amide bonds. The minimum Gasteiger partial charge on any atom is -0.380 e. The SMILES string of the molecule is CC(=O)C[C@@]1(C)C(=O)[C@H]2C=C[C@@]13COC[C@H]3C2. The summed E-state index contributed by atoms with van der Waals surface area (Å²) in [6.45, 7) is 4.87. The quantitative estimate of drug-likeness (QED) is 0.684. The van der Waals surface area contributed by atoms with Gasteiger partial charge in [-0.3, -0.25) is 9.59 Å². The maximum atomic E-state index is 12.5. The Morgan fingerprint density at radius 1 is 1.59 bits per heavy atom. The van der Waals surface area contributed by atoms with Crippen LogP contribution in [0, 0.1) is 22.7 Å². The third-order valence-corrected chi connectivity index (χ3v) is 5.06. The van der Waals surface area contributed by atoms with Gasteiger partial charge in [0, 0.05) is 23.2 Å². The summed E-state index contributed by atoms with van der Waals surface area (Å²) >= 11 is 0. The molecule has 92 valence electrons. The first-order valence-electron chi connectivity index (χ1n) is 6.30. The van der Waals surface area contributed by atoms with Gasteiger partial charge in [0.05, 0.1) is 13.2 Å². The molecule has 0 unspecified atom stereocenters. The Morgan fingerprint density at radius 3 is 3.06 bits per heavy atom. The number of carbonyl (C=O) groups excluding carboxylic acids is 2. The van der Waals surface area contributed by atoms with E-state index in [4.69, 9.17) is 4.74 Å². The molecule has 4 rings (SSSR count). The smallest absolute Gasteiger partial charge is 0.146 e. The Kier molecular flexibility index (Phi) is 2.15. The van der Waals surface area contributed by atoms with Crippen LogP contribution < -0.4 is 0 Å². The second-order valence-corrected chi connectivity index (χ2v) is 6.03. The topological polar surface area (TPSA) is 43.4 Å². The van der Waals surface area contributed by atoms with Gasteiger partial charge in [0.2, 0.25) is 0 Å². The van der Waals surface area contributed by atoms with Crippen molar-refractivity contribution >= 4 is 11.6 Å². The van der Waals surface area contributed by atoms with Gasteiger partial charge in [-0.1, -0.05) is 19.1 Å². The molecule has 0 aromatic heterocycles. The fourth-order valence-electron chi connectivity index (χ4n) is 4.15. The average molecular weight is 234 g/mol. The van der Waals surface area contributed by atoms with E-state index in [1.165, 1.54) is 0 Å². The number of rotatable bonds is 2. The zero-order valence-electron chi connectivity index (χ0n) is 10.4. The third-order valence-electron chi connectivity index (χ3n) is 5.06. The van der Waals surface area contributed by atoms with E-state index in [1.807, 2.05) is 13.0 Å². The molecule has 0 radical (unpaired) electrons. The van der Waals surface area contributed by atoms with Gasteiger partial charge >= 0.3 is 0 Å². The van der Waals surface area contributed by atoms with Gasteiger partial charge in [-0.15, -0.1) is 0 Å². The monoisotopic (exact) mass is 234 g/mol. The summed E-state index contributed by atoms with van der Waals surface area (Å²) in [6, 6.07) is 0. The molecule has 4 atom stereocenters. The molecule has 4 aliphatic rings. The first-order valence-corrected chi connectivity index (χ1v) is 6.30. The van der Waals surface area contributed by atoms with E-state index >= 15 is 0 Å². The molecule has 17 heavy (non-hydrogen) atoms. The number of hydrogen-bond acceptors (Lipinski definition) is 3. The number of ketones is 2. The number of fused-ring (bicyclic) bond motifs is 1. The van der Waals surface area contributed by atoms with Crippen molar-refractivity contribution in [1.29, 1.82) is 0 Å². The zero-order chi connectivity index (χ0) is 12.3. The van der Waals surface area contributed by atoms with Crippen molar-refractivity contribution < 1.29 is 14.3 Å². The lowest BCUT2D eigenvalue weighted by atomic mass is 9.46. The van der Waals surface area contributed by atoms with Crippen molar-refractivity contribution in [2.45, 2.75) is 26.7 Å². The van der Waals surface area contributed by atoms with Gasteiger partial charge in [0.15, 0.2) is 0 Å². The molecule has 1 saturated carbocycles. The van der Waals surface area contributed by atoms with Gasteiger partial charge in [0.1, 0.15) is 11.6 Å². The summed E-state index contributed by atoms with van der Waals surface area (Å²) < 4.78 is 5.62. The summed E-state index contributed by atoms with van der Waals surface area (Å²) in [4.78, 5) is 24.0. The fourth-order valence-corrected chi connectivity index (χ4v) is 4.15. The summed E-state index contributed by atoms with van der Waals surface area (Å²) in [5, 5.41) is 0. The van der Waals surface area contributed by atoms with Crippen molar-refractivity contribution in [2.75, 3.05) is 13.2 Å². The van der Waals surface area contributed by atoms with Crippen molar-refractivity contribution in [3.05, 3.63) is 12.2 Å². The van der Waals surface area contributed by atoms with Crippen molar-refractivity contribution in [3.63, 3.8) is 0 Å². The average Bonchev–Trinajstić information content (AvgIpc) is 2.69. The lowest BCUT2D eigenvalue weighted by Crippen LogP contribution is -2.58. The molecule has 1 saturated heterocycles. The zero-order valence-corrected chi connectivity index (χ0v) is 10.4. The van der Waals surface area contributed by atoms with E-state index in [-0.39, 0.29) is 22.9 Å². The Bertz CT molecular complexity index is 425. The molecule has 3 heteroatoms. The van der Waals surface area contributed by atoms with Gasteiger partial charge in [0.25, 0.3) is 0 Å². The summed E-state index contributed by atoms with van der Waals surface area (Å²) in [7, 11) is 0. The summed E-state index contributed by atoms with van der Waals surface area (Å²) in [5.41, 5.74) is -0.762. The van der Waals surface area contributed by atoms with Crippen LogP contribution in [0.5, 0.6) is 0 Å². The van der Waals surface area contributed by atoms with Crippen LogP contribution in [0.1, 0.15) is 26.7 Å². The highest BCUT2D eigenvalue weighted by molar-refractivity contribution is 5.95. The second kappa shape index (κ2) is 3.29. The van der Waals surface area contributed by atoms with E-state index in [0.717, 1.165) is 13.0 Å². The predicted molar refractivity (Wildman–Crippen MR) is 62.4 cm³/mol. The molecule has 1 aliphatic heterocycles. The van der Waals surface area contributed by atoms with Crippen LogP contribution in [0.25, 0.3) is 0 Å². The number of hydrogen-bond donors (Lipinski definition) is 0. The standard InChI is InChI=1S/C14H18O3/c1-9(15)6-13(2)12(16)10-3-4-14(13)8-17-7-11(14)5-10/h3-4,10-11H,5-8H2,1-2H3/t10-,11+,13-,14-/m0/s1. The van der Waals surface area contributed by atoms with Crippen molar-refractivity contribution in [2.24, 2.45) is 22.7 Å². The van der Waals surface area contributed by atoms with E-state index in [0.29, 0.717) is 18.9 Å². The highest BCUT2D eigenvalue weighted by Gasteiger charge is 2.64. The Hall–Kier alpha value is -0.960. The van der Waals surface area contributed by atoms with E-state index in [9.17, 15) is 9.59 Å². The molecule has 1 heterocycles. The molecule has 0 N–H and O–H groups in total. The van der Waals surface area contributed by atoms with Crippen LogP contribution in [0.4, 0.5) is 0 Å². The van der Waals surface area contributed by atoms with Gasteiger partial charge in [-0.05, 0) is 19.3 Å². The second-order valence-electron chi connectivity index (χ2n) is 6.03. The molecule has 2 fully saturated rings. The Labute approximate surface area is 101 Å². The first kappa shape index (κ1) is 11.1. The normalized spacial score (nSPS) is 47.3. The lowest BCUT2D eigenvalue weighted by Gasteiger charge is -2.54. The van der Waals surface area contributed by atoms with Crippen LogP contribution in [0.15, 0.2) is 12.2 Å². The molecular formula is C14H18O3.